The summed E-state index contributed by atoms with van der Waals surface area (Å²) in [6.07, 6.45) is -11.9. The van der Waals surface area contributed by atoms with Crippen LogP contribution in [-0.4, -0.2) is 159 Å². The zero-order valence-corrected chi connectivity index (χ0v) is 39.5. The molecule has 0 spiro atoms. The van der Waals surface area contributed by atoms with Crippen molar-refractivity contribution in [2.45, 2.75) is 218 Å². The molecule has 16 nitrogen and oxygen atoms in total. The minimum absolute atomic E-state index is 0.00797. The van der Waals surface area contributed by atoms with Crippen LogP contribution in [0.3, 0.4) is 0 Å². The summed E-state index contributed by atoms with van der Waals surface area (Å²) in [5.41, 5.74) is 1.01. The molecule has 3 aliphatic heterocycles. The molecule has 0 bridgehead atoms. The third-order valence-electron chi connectivity index (χ3n) is 19.2. The summed E-state index contributed by atoms with van der Waals surface area (Å²) in [6.45, 7) is 19.9. The van der Waals surface area contributed by atoms with Crippen LogP contribution in [0.1, 0.15) is 120 Å². The van der Waals surface area contributed by atoms with Crippen LogP contribution in [0, 0.1) is 50.2 Å². The summed E-state index contributed by atoms with van der Waals surface area (Å²) >= 11 is 0. The Balaban J connectivity index is 1.05. The number of fused-ring (bicyclic) bond motifs is 7. The number of hydrogen-bond donors (Lipinski definition) is 8. The average Bonchev–Trinajstić information content (AvgIpc) is 3.22. The Morgan fingerprint density at radius 1 is 0.672 bits per heavy atom. The highest BCUT2D eigenvalue weighted by Crippen LogP contribution is 2.76. The van der Waals surface area contributed by atoms with Gasteiger partial charge in [0, 0.05) is 5.41 Å². The Bertz CT molecular complexity index is 1760. The van der Waals surface area contributed by atoms with Crippen LogP contribution in [-0.2, 0) is 38.0 Å². The van der Waals surface area contributed by atoms with Gasteiger partial charge in [0.25, 0.3) is 0 Å². The molecule has 7 fully saturated rings. The third-order valence-corrected chi connectivity index (χ3v) is 19.2. The molecule has 8 rings (SSSR count). The lowest BCUT2D eigenvalue weighted by atomic mass is 9.33. The first-order valence-corrected chi connectivity index (χ1v) is 23.9. The largest absolute Gasteiger partial charge is 0.467 e. The molecule has 3 heterocycles. The molecular formula is C48H78O16. The van der Waals surface area contributed by atoms with Crippen LogP contribution < -0.4 is 0 Å². The number of allylic oxidation sites excluding steroid dienone is 2. The number of rotatable bonds is 7. The summed E-state index contributed by atoms with van der Waals surface area (Å²) in [4.78, 5) is 13.0. The van der Waals surface area contributed by atoms with Gasteiger partial charge in [-0.15, -0.1) is 0 Å². The molecule has 0 amide bonds. The van der Waals surface area contributed by atoms with Crippen LogP contribution in [0.5, 0.6) is 0 Å². The standard InChI is InChI=1S/C48H78O16/c1-22-30(51)32(53)35(56)40(60-22)63-37-31(52)25(49)21-59-41(37)64-38-34(55)33(54)36(39(57)58-10)62-42(38)61-29-14-15-46(7)26(44(29,4)5)13-16-48(9)27(46)12-11-23-24-19-43(2,3)20-28(50)45(24,6)17-18-47(23,48)8/h11,22,24-38,40-42,49-56H,12-21H2,1-10H3/t22-,24-,25-,26-,27+,28+,29-,30-,31-,32+,33-,34-,35+,36-,37+,38+,40-,41-,42+,45+,46-,47+,48+/m0/s1. The Labute approximate surface area is 377 Å². The van der Waals surface area contributed by atoms with Gasteiger partial charge >= 0.3 is 5.97 Å². The van der Waals surface area contributed by atoms with Gasteiger partial charge in [0.05, 0.1) is 32.0 Å². The molecule has 0 aromatic heterocycles. The van der Waals surface area contributed by atoms with Crippen LogP contribution in [0.4, 0.5) is 0 Å². The van der Waals surface area contributed by atoms with Crippen molar-refractivity contribution in [2.75, 3.05) is 13.7 Å². The van der Waals surface area contributed by atoms with E-state index in [-0.39, 0.29) is 39.1 Å². The maximum absolute atomic E-state index is 13.0. The Morgan fingerprint density at radius 2 is 1.34 bits per heavy atom. The number of carbonyl (C=O) groups is 1. The number of ether oxygens (including phenoxy) is 7. The smallest absolute Gasteiger partial charge is 0.337 e. The number of aliphatic hydroxyl groups is 8. The second kappa shape index (κ2) is 17.0. The number of methoxy groups -OCH3 is 1. The fraction of sp³-hybridized carbons (Fsp3) is 0.938. The van der Waals surface area contributed by atoms with Crippen LogP contribution in [0.2, 0.25) is 0 Å². The Kier molecular flexibility index (Phi) is 13.0. The molecule has 8 N–H and O–H groups in total. The lowest BCUT2D eigenvalue weighted by Crippen LogP contribution is -2.67. The molecule has 366 valence electrons. The van der Waals surface area contributed by atoms with Crippen molar-refractivity contribution in [3.63, 3.8) is 0 Å². The molecular weight excluding hydrogens is 833 g/mol. The highest BCUT2D eigenvalue weighted by Gasteiger charge is 2.69. The van der Waals surface area contributed by atoms with Gasteiger partial charge in [0.1, 0.15) is 54.9 Å². The van der Waals surface area contributed by atoms with Crippen molar-refractivity contribution < 1.29 is 78.8 Å². The Hall–Kier alpha value is -1.35. The van der Waals surface area contributed by atoms with E-state index in [1.807, 2.05) is 0 Å². The van der Waals surface area contributed by atoms with Gasteiger partial charge in [-0.3, -0.25) is 0 Å². The predicted molar refractivity (Wildman–Crippen MR) is 228 cm³/mol. The van der Waals surface area contributed by atoms with Crippen LogP contribution in [0.25, 0.3) is 0 Å². The van der Waals surface area contributed by atoms with Gasteiger partial charge in [-0.2, -0.15) is 0 Å². The molecule has 0 aromatic rings. The zero-order valence-electron chi connectivity index (χ0n) is 39.5. The van der Waals surface area contributed by atoms with E-state index < -0.39 is 110 Å². The lowest BCUT2D eigenvalue weighted by molar-refractivity contribution is -0.386. The quantitative estimate of drug-likeness (QED) is 0.104. The molecule has 3 saturated heterocycles. The third kappa shape index (κ3) is 7.59. The van der Waals surface area contributed by atoms with Crippen molar-refractivity contribution in [2.24, 2.45) is 50.2 Å². The van der Waals surface area contributed by atoms with Gasteiger partial charge < -0.3 is 74.0 Å². The van der Waals surface area contributed by atoms with E-state index in [0.717, 1.165) is 58.5 Å². The summed E-state index contributed by atoms with van der Waals surface area (Å²) < 4.78 is 41.7. The number of hydrogen-bond acceptors (Lipinski definition) is 16. The monoisotopic (exact) mass is 911 g/mol. The molecule has 5 aliphatic carbocycles. The first kappa shape index (κ1) is 49.1. The first-order chi connectivity index (χ1) is 29.8. The van der Waals surface area contributed by atoms with Crippen LogP contribution in [0.15, 0.2) is 11.6 Å². The fourth-order valence-corrected chi connectivity index (χ4v) is 14.9. The average molecular weight is 911 g/mol. The van der Waals surface area contributed by atoms with Gasteiger partial charge in [0.2, 0.25) is 0 Å². The SMILES string of the molecule is COC(=O)[C@H]1O[C@@H](O[C@H]2CC[C@]3(C)[C@H]4CC=C5[C@@H]6CC(C)(C)C[C@@H](O)[C@]6(C)CC[C@@]5(C)[C@]4(C)CC[C@H]3C2(C)C)[C@H](O[C@@H]2OC[C@H](O)[C@H](O)[C@H]2O[C@@H]2O[C@@H](C)[C@H](O)[C@@H](O)[C@H]2O)[C@@H](O)[C@@H]1O. The van der Waals surface area contributed by atoms with E-state index in [4.69, 9.17) is 33.2 Å². The van der Waals surface area contributed by atoms with E-state index in [1.54, 1.807) is 5.57 Å². The van der Waals surface area contributed by atoms with Gasteiger partial charge in [-0.1, -0.05) is 67.0 Å². The summed E-state index contributed by atoms with van der Waals surface area (Å²) in [5, 5.41) is 87.8. The van der Waals surface area contributed by atoms with Gasteiger partial charge in [-0.05, 0) is 110 Å². The van der Waals surface area contributed by atoms with E-state index in [9.17, 15) is 45.6 Å². The minimum Gasteiger partial charge on any atom is -0.467 e. The fourth-order valence-electron chi connectivity index (χ4n) is 14.9. The van der Waals surface area contributed by atoms with Crippen molar-refractivity contribution >= 4 is 5.97 Å². The second-order valence-electron chi connectivity index (χ2n) is 23.5. The molecule has 16 heteroatoms. The van der Waals surface area contributed by atoms with Gasteiger partial charge in [-0.25, -0.2) is 4.79 Å². The summed E-state index contributed by atoms with van der Waals surface area (Å²) in [7, 11) is 1.14. The van der Waals surface area contributed by atoms with Crippen molar-refractivity contribution in [3.8, 4) is 0 Å². The normalized spacial score (nSPS) is 54.6. The predicted octanol–water partition coefficient (Wildman–Crippen LogP) is 2.46. The van der Waals surface area contributed by atoms with Crippen molar-refractivity contribution in [3.05, 3.63) is 11.6 Å². The summed E-state index contributed by atoms with van der Waals surface area (Å²) in [6, 6.07) is 0. The topological polar surface area (TPSA) is 244 Å². The van der Waals surface area contributed by atoms with Gasteiger partial charge in [0.15, 0.2) is 25.0 Å². The van der Waals surface area contributed by atoms with Crippen LogP contribution >= 0.6 is 0 Å². The zero-order chi connectivity index (χ0) is 46.9. The lowest BCUT2D eigenvalue weighted by Gasteiger charge is -2.71. The molecule has 0 unspecified atom stereocenters. The molecule has 0 aromatic carbocycles. The van der Waals surface area contributed by atoms with Crippen molar-refractivity contribution in [1.82, 2.24) is 0 Å². The Morgan fingerprint density at radius 3 is 2.03 bits per heavy atom. The molecule has 8 aliphatic rings. The van der Waals surface area contributed by atoms with E-state index >= 15 is 0 Å². The number of esters is 1. The molecule has 23 atom stereocenters. The second-order valence-corrected chi connectivity index (χ2v) is 23.5. The van der Waals surface area contributed by atoms with E-state index in [2.05, 4.69) is 61.5 Å². The number of carbonyl (C=O) groups excluding carboxylic acids is 1. The highest BCUT2D eigenvalue weighted by molar-refractivity contribution is 5.75. The van der Waals surface area contributed by atoms with E-state index in [0.29, 0.717) is 18.3 Å². The molecule has 64 heavy (non-hydrogen) atoms. The maximum atomic E-state index is 13.0. The molecule has 0 radical (unpaired) electrons. The molecule has 4 saturated carbocycles. The number of aliphatic hydroxyl groups excluding tert-OH is 8. The first-order valence-electron chi connectivity index (χ1n) is 23.9. The van der Waals surface area contributed by atoms with E-state index in [1.165, 1.54) is 6.92 Å². The van der Waals surface area contributed by atoms with Crippen molar-refractivity contribution in [1.29, 1.82) is 0 Å². The highest BCUT2D eigenvalue weighted by atomic mass is 16.8. The minimum atomic E-state index is -1.83. The maximum Gasteiger partial charge on any atom is 0.337 e. The summed E-state index contributed by atoms with van der Waals surface area (Å²) in [5.74, 6) is 0.0145.